The first-order valence-corrected chi connectivity index (χ1v) is 10.5. The van der Waals surface area contributed by atoms with E-state index >= 15 is 0 Å². The van der Waals surface area contributed by atoms with E-state index in [0.29, 0.717) is 29.6 Å². The fourth-order valence-electron chi connectivity index (χ4n) is 3.52. The zero-order chi connectivity index (χ0) is 22.1. The van der Waals surface area contributed by atoms with Crippen LogP contribution in [0.1, 0.15) is 11.3 Å². The number of nitrogens with zero attached hydrogens (tertiary/aromatic N) is 2. The zero-order valence-corrected chi connectivity index (χ0v) is 18.3. The highest BCUT2D eigenvalue weighted by molar-refractivity contribution is 5.88. The van der Waals surface area contributed by atoms with Crippen LogP contribution in [0.3, 0.4) is 0 Å². The molecule has 0 spiro atoms. The van der Waals surface area contributed by atoms with E-state index < -0.39 is 0 Å². The van der Waals surface area contributed by atoms with E-state index in [9.17, 15) is 0 Å². The highest BCUT2D eigenvalue weighted by atomic mass is 16.6. The van der Waals surface area contributed by atoms with Crippen LogP contribution >= 0.6 is 0 Å². The van der Waals surface area contributed by atoms with Gasteiger partial charge in [-0.3, -0.25) is 4.98 Å². The molecule has 1 aliphatic rings. The Balaban J connectivity index is 1.56. The van der Waals surface area contributed by atoms with Crippen molar-refractivity contribution in [2.45, 2.75) is 20.0 Å². The third kappa shape index (κ3) is 4.09. The van der Waals surface area contributed by atoms with Crippen LogP contribution in [0.25, 0.3) is 22.2 Å². The summed E-state index contributed by atoms with van der Waals surface area (Å²) in [5, 5.41) is 0.830. The average molecular weight is 428 g/mol. The molecule has 162 valence electrons. The molecule has 0 aliphatic carbocycles. The van der Waals surface area contributed by atoms with E-state index in [1.165, 1.54) is 0 Å². The van der Waals surface area contributed by atoms with Gasteiger partial charge in [0, 0.05) is 28.9 Å². The van der Waals surface area contributed by atoms with Gasteiger partial charge < -0.3 is 18.9 Å². The van der Waals surface area contributed by atoms with E-state index in [1.807, 2.05) is 68.4 Å². The van der Waals surface area contributed by atoms with Crippen LogP contribution < -0.4 is 14.2 Å². The summed E-state index contributed by atoms with van der Waals surface area (Å²) in [6.07, 6.45) is 1.89. The number of ether oxygens (including phenoxy) is 4. The third-order valence-electron chi connectivity index (χ3n) is 5.51. The molecule has 0 N–H and O–H groups in total. The standard InChI is InChI=1S/C26H24N2O4/c1-16-11-25(26(28-17(16)2)18-7-5-4-6-8-18)32-22-9-10-27-21-13-24(31-15-19-14-30-19)23(29-3)12-20(21)22/h4-13,19H,14-15H2,1-3H3. The van der Waals surface area contributed by atoms with Gasteiger partial charge in [0.05, 0.1) is 19.2 Å². The molecule has 1 unspecified atom stereocenters. The van der Waals surface area contributed by atoms with Gasteiger partial charge in [0.25, 0.3) is 0 Å². The molecule has 4 aromatic rings. The lowest BCUT2D eigenvalue weighted by Gasteiger charge is -2.16. The summed E-state index contributed by atoms with van der Waals surface area (Å²) in [6.45, 7) is 5.27. The van der Waals surface area contributed by atoms with Crippen molar-refractivity contribution in [3.63, 3.8) is 0 Å². The van der Waals surface area contributed by atoms with Crippen LogP contribution in [0.15, 0.2) is 60.8 Å². The van der Waals surface area contributed by atoms with Crippen molar-refractivity contribution >= 4 is 10.9 Å². The average Bonchev–Trinajstić information content (AvgIpc) is 3.64. The number of benzene rings is 2. The Kier molecular flexibility index (Phi) is 5.37. The summed E-state index contributed by atoms with van der Waals surface area (Å²) in [6, 6.07) is 17.7. The first-order valence-electron chi connectivity index (χ1n) is 10.5. The number of methoxy groups -OCH3 is 1. The van der Waals surface area contributed by atoms with E-state index in [-0.39, 0.29) is 6.10 Å². The summed E-state index contributed by atoms with van der Waals surface area (Å²) in [5.41, 5.74) is 4.59. The van der Waals surface area contributed by atoms with Crippen molar-refractivity contribution in [1.29, 1.82) is 0 Å². The number of aryl methyl sites for hydroxylation is 2. The van der Waals surface area contributed by atoms with Crippen molar-refractivity contribution < 1.29 is 18.9 Å². The van der Waals surface area contributed by atoms with E-state index in [0.717, 1.165) is 40.0 Å². The lowest BCUT2D eigenvalue weighted by atomic mass is 10.1. The van der Waals surface area contributed by atoms with Crippen molar-refractivity contribution in [3.8, 4) is 34.3 Å². The second kappa shape index (κ2) is 8.48. The molecule has 1 saturated heterocycles. The van der Waals surface area contributed by atoms with Crippen molar-refractivity contribution in [1.82, 2.24) is 9.97 Å². The summed E-state index contributed by atoms with van der Waals surface area (Å²) in [5.74, 6) is 2.63. The molecule has 0 radical (unpaired) electrons. The Bertz CT molecular complexity index is 1270. The topological polar surface area (TPSA) is 66.0 Å². The highest BCUT2D eigenvalue weighted by Crippen LogP contribution is 2.39. The zero-order valence-electron chi connectivity index (χ0n) is 18.3. The van der Waals surface area contributed by atoms with Crippen molar-refractivity contribution in [2.75, 3.05) is 20.3 Å². The Morgan fingerprint density at radius 3 is 2.53 bits per heavy atom. The molecule has 0 bridgehead atoms. The van der Waals surface area contributed by atoms with Crippen LogP contribution in [-0.4, -0.2) is 36.4 Å². The number of fused-ring (bicyclic) bond motifs is 1. The predicted molar refractivity (Wildman–Crippen MR) is 123 cm³/mol. The largest absolute Gasteiger partial charge is 0.493 e. The van der Waals surface area contributed by atoms with Gasteiger partial charge in [0.1, 0.15) is 24.2 Å². The maximum Gasteiger partial charge on any atom is 0.163 e. The highest BCUT2D eigenvalue weighted by Gasteiger charge is 2.24. The minimum atomic E-state index is 0.159. The summed E-state index contributed by atoms with van der Waals surface area (Å²) in [4.78, 5) is 9.33. The molecule has 1 fully saturated rings. The number of pyridine rings is 2. The molecule has 1 aliphatic heterocycles. The molecule has 3 heterocycles. The maximum atomic E-state index is 6.44. The second-order valence-electron chi connectivity index (χ2n) is 7.80. The van der Waals surface area contributed by atoms with E-state index in [4.69, 9.17) is 23.9 Å². The Labute approximate surface area is 186 Å². The van der Waals surface area contributed by atoms with Gasteiger partial charge in [0.2, 0.25) is 0 Å². The van der Waals surface area contributed by atoms with Crippen LogP contribution in [0, 0.1) is 13.8 Å². The SMILES string of the molecule is COc1cc2c(Oc3cc(C)c(C)nc3-c3ccccc3)ccnc2cc1OCC1CO1. The first kappa shape index (κ1) is 20.3. The van der Waals surface area contributed by atoms with Gasteiger partial charge in [-0.1, -0.05) is 30.3 Å². The lowest BCUT2D eigenvalue weighted by Crippen LogP contribution is -2.05. The van der Waals surface area contributed by atoms with Crippen LogP contribution in [0.2, 0.25) is 0 Å². The van der Waals surface area contributed by atoms with E-state index in [2.05, 4.69) is 4.98 Å². The molecular weight excluding hydrogens is 404 g/mol. The van der Waals surface area contributed by atoms with Crippen LogP contribution in [0.5, 0.6) is 23.0 Å². The molecule has 32 heavy (non-hydrogen) atoms. The minimum absolute atomic E-state index is 0.159. The lowest BCUT2D eigenvalue weighted by molar-refractivity contribution is 0.252. The Morgan fingerprint density at radius 2 is 1.78 bits per heavy atom. The van der Waals surface area contributed by atoms with Gasteiger partial charge >= 0.3 is 0 Å². The number of rotatable bonds is 7. The van der Waals surface area contributed by atoms with Gasteiger partial charge in [-0.2, -0.15) is 0 Å². The molecule has 0 saturated carbocycles. The number of epoxide rings is 1. The van der Waals surface area contributed by atoms with Gasteiger partial charge in [-0.05, 0) is 37.6 Å². The van der Waals surface area contributed by atoms with Gasteiger partial charge in [-0.25, -0.2) is 4.98 Å². The number of hydrogen-bond acceptors (Lipinski definition) is 6. The van der Waals surface area contributed by atoms with Crippen molar-refractivity contribution in [2.24, 2.45) is 0 Å². The van der Waals surface area contributed by atoms with Gasteiger partial charge in [-0.15, -0.1) is 0 Å². The summed E-state index contributed by atoms with van der Waals surface area (Å²) in [7, 11) is 1.62. The molecule has 1 atom stereocenters. The molecule has 2 aromatic carbocycles. The summed E-state index contributed by atoms with van der Waals surface area (Å²) >= 11 is 0. The molecule has 6 heteroatoms. The predicted octanol–water partition coefficient (Wildman–Crippen LogP) is 5.49. The fraction of sp³-hybridized carbons (Fsp3) is 0.231. The Morgan fingerprint density at radius 1 is 0.969 bits per heavy atom. The maximum absolute atomic E-state index is 6.44. The molecular formula is C26H24N2O4. The molecule has 2 aromatic heterocycles. The number of hydrogen-bond donors (Lipinski definition) is 0. The van der Waals surface area contributed by atoms with Crippen LogP contribution in [0.4, 0.5) is 0 Å². The quantitative estimate of drug-likeness (QED) is 0.363. The van der Waals surface area contributed by atoms with Crippen LogP contribution in [-0.2, 0) is 4.74 Å². The fourth-order valence-corrected chi connectivity index (χ4v) is 3.52. The van der Waals surface area contributed by atoms with Crippen molar-refractivity contribution in [3.05, 3.63) is 72.1 Å². The van der Waals surface area contributed by atoms with Gasteiger partial charge in [0.15, 0.2) is 17.2 Å². The first-order chi connectivity index (χ1) is 15.6. The normalized spacial score (nSPS) is 14.9. The monoisotopic (exact) mass is 428 g/mol. The summed E-state index contributed by atoms with van der Waals surface area (Å²) < 4.78 is 23.1. The molecule has 0 amide bonds. The molecule has 6 nitrogen and oxygen atoms in total. The number of aromatic nitrogens is 2. The van der Waals surface area contributed by atoms with E-state index in [1.54, 1.807) is 13.3 Å². The third-order valence-corrected chi connectivity index (χ3v) is 5.51. The minimum Gasteiger partial charge on any atom is -0.493 e. The molecule has 5 rings (SSSR count). The smallest absolute Gasteiger partial charge is 0.163 e. The Hall–Kier alpha value is -3.64. The second-order valence-corrected chi connectivity index (χ2v) is 7.80.